The van der Waals surface area contributed by atoms with Crippen molar-refractivity contribution in [3.8, 4) is 17.6 Å². The van der Waals surface area contributed by atoms with Crippen molar-refractivity contribution in [3.05, 3.63) is 98.6 Å². The number of halogens is 2. The van der Waals surface area contributed by atoms with Gasteiger partial charge < -0.3 is 14.5 Å². The molecule has 0 spiro atoms. The first-order valence-corrected chi connectivity index (χ1v) is 20.8. The van der Waals surface area contributed by atoms with E-state index in [1.807, 2.05) is 12.1 Å². The molecule has 6 aliphatic rings. The van der Waals surface area contributed by atoms with Crippen LogP contribution in [0.2, 0.25) is 5.02 Å². The van der Waals surface area contributed by atoms with E-state index in [4.69, 9.17) is 22.9 Å². The summed E-state index contributed by atoms with van der Waals surface area (Å²) < 4.78 is 22.1. The molecule has 3 saturated heterocycles. The SMILES string of the molecule is [C-]#[N+]c1ccc(OC2C(C)(C)C(N3Cc4cc(C#CC5CCN(C6CN(c7ccc8c(c7)C(=O)N(C7CCC(=O)NC7=O)C8=O)C6)CC5)cc(F)c4C3=O)C2(C)C)cc1Cl. The maximum atomic E-state index is 15.7. The number of anilines is 1. The monoisotopic (exact) mass is 830 g/mol. The molecule has 14 heteroatoms. The van der Waals surface area contributed by atoms with Gasteiger partial charge in [0.25, 0.3) is 17.7 Å². The first kappa shape index (κ1) is 39.7. The zero-order chi connectivity index (χ0) is 42.4. The Morgan fingerprint density at radius 1 is 0.900 bits per heavy atom. The molecular formula is C46H44ClFN6O6. The molecule has 5 amide bonds. The van der Waals surface area contributed by atoms with Gasteiger partial charge in [-0.2, -0.15) is 0 Å². The van der Waals surface area contributed by atoms with Crippen molar-refractivity contribution < 1.29 is 33.1 Å². The average Bonchev–Trinajstić information content (AvgIpc) is 3.63. The molecule has 0 bridgehead atoms. The maximum absolute atomic E-state index is 15.7. The van der Waals surface area contributed by atoms with Gasteiger partial charge >= 0.3 is 0 Å². The van der Waals surface area contributed by atoms with Gasteiger partial charge in [-0.05, 0) is 80.4 Å². The number of piperidine rings is 2. The maximum Gasteiger partial charge on any atom is 0.262 e. The summed E-state index contributed by atoms with van der Waals surface area (Å²) in [5.41, 5.74) is 2.10. The third-order valence-electron chi connectivity index (χ3n) is 13.5. The highest BCUT2D eigenvalue weighted by Gasteiger charge is 2.67. The Bertz CT molecular complexity index is 2490. The number of amides is 5. The van der Waals surface area contributed by atoms with Crippen LogP contribution in [0.4, 0.5) is 15.8 Å². The molecule has 0 radical (unpaired) electrons. The molecule has 60 heavy (non-hydrogen) atoms. The Balaban J connectivity index is 0.791. The Kier molecular flexibility index (Phi) is 9.56. The van der Waals surface area contributed by atoms with Gasteiger partial charge in [-0.25, -0.2) is 9.24 Å². The topological polar surface area (TPSA) is 124 Å². The van der Waals surface area contributed by atoms with Gasteiger partial charge in [0.05, 0.1) is 28.3 Å². The van der Waals surface area contributed by atoms with E-state index in [9.17, 15) is 24.0 Å². The molecule has 3 aromatic carbocycles. The van der Waals surface area contributed by atoms with Crippen LogP contribution in [0.5, 0.6) is 5.75 Å². The number of hydrogen-bond donors (Lipinski definition) is 1. The van der Waals surface area contributed by atoms with Crippen LogP contribution in [0.1, 0.15) is 95.6 Å². The van der Waals surface area contributed by atoms with Crippen molar-refractivity contribution in [2.45, 2.75) is 84.2 Å². The fraction of sp³-hybridized carbons (Fsp3) is 0.435. The summed E-state index contributed by atoms with van der Waals surface area (Å²) in [6.07, 6.45) is 1.67. The number of ether oxygens (including phenoxy) is 1. The fourth-order valence-electron chi connectivity index (χ4n) is 10.9. The summed E-state index contributed by atoms with van der Waals surface area (Å²) in [7, 11) is 0. The number of nitrogens with one attached hydrogen (secondary N) is 1. The third-order valence-corrected chi connectivity index (χ3v) is 13.8. The van der Waals surface area contributed by atoms with E-state index >= 15 is 4.39 Å². The highest BCUT2D eigenvalue weighted by Crippen LogP contribution is 2.59. The van der Waals surface area contributed by atoms with Gasteiger partial charge in [-0.3, -0.25) is 39.1 Å². The number of imide groups is 2. The molecule has 1 saturated carbocycles. The molecule has 1 N–H and O–H groups in total. The van der Waals surface area contributed by atoms with Crippen molar-refractivity contribution in [2.24, 2.45) is 16.7 Å². The lowest BCUT2D eigenvalue weighted by Crippen LogP contribution is -2.74. The normalized spacial score (nSPS) is 24.9. The predicted octanol–water partition coefficient (Wildman–Crippen LogP) is 6.22. The van der Waals surface area contributed by atoms with Crippen molar-refractivity contribution in [2.75, 3.05) is 31.1 Å². The van der Waals surface area contributed by atoms with Crippen LogP contribution in [0, 0.1) is 41.0 Å². The Morgan fingerprint density at radius 3 is 2.30 bits per heavy atom. The number of hydrogen-bond acceptors (Lipinski definition) is 8. The Hall–Kier alpha value is -5.76. The minimum atomic E-state index is -0.996. The van der Waals surface area contributed by atoms with E-state index < -0.39 is 46.3 Å². The Labute approximate surface area is 352 Å². The van der Waals surface area contributed by atoms with Crippen LogP contribution < -0.4 is 15.0 Å². The van der Waals surface area contributed by atoms with Crippen LogP contribution in [0.3, 0.4) is 0 Å². The Morgan fingerprint density at radius 2 is 1.62 bits per heavy atom. The van der Waals surface area contributed by atoms with Gasteiger partial charge in [-0.1, -0.05) is 57.2 Å². The average molecular weight is 831 g/mol. The van der Waals surface area contributed by atoms with Crippen LogP contribution in [0.25, 0.3) is 4.85 Å². The second-order valence-corrected chi connectivity index (χ2v) is 18.4. The van der Waals surface area contributed by atoms with Crippen LogP contribution in [-0.4, -0.2) is 94.6 Å². The number of nitrogens with zero attached hydrogens (tertiary/aromatic N) is 5. The summed E-state index contributed by atoms with van der Waals surface area (Å²) in [6.45, 7) is 19.1. The highest BCUT2D eigenvalue weighted by molar-refractivity contribution is 6.33. The fourth-order valence-corrected chi connectivity index (χ4v) is 11.1. The highest BCUT2D eigenvalue weighted by atomic mass is 35.5. The third kappa shape index (κ3) is 6.41. The van der Waals surface area contributed by atoms with E-state index in [1.54, 1.807) is 35.2 Å². The van der Waals surface area contributed by atoms with E-state index in [0.29, 0.717) is 33.6 Å². The quantitative estimate of drug-likeness (QED) is 0.177. The standard InChI is InChI=1S/C46H44ClFN6O6/c1-45(2)43(46(3,4)44(45)60-30-9-11-35(49-5)33(47)21-30)53-22-27-18-26(19-34(48)38(27)42(53)59)7-6-25-14-16-51(17-15-25)29-23-52(24-29)28-8-10-31-32(20-28)41(58)54(40(31)57)36-12-13-37(55)50-39(36)56/h8-11,18-21,25,29,36,43-44H,12-17,22-24H2,1-4H3,(H,50,55,56). The summed E-state index contributed by atoms with van der Waals surface area (Å²) >= 11 is 6.28. The molecule has 0 aromatic heterocycles. The van der Waals surface area contributed by atoms with Crippen molar-refractivity contribution >= 4 is 52.5 Å². The smallest absolute Gasteiger partial charge is 0.262 e. The molecule has 9 rings (SSSR count). The van der Waals surface area contributed by atoms with E-state index in [1.165, 1.54) is 6.07 Å². The van der Waals surface area contributed by atoms with Gasteiger partial charge in [-0.15, -0.1) is 0 Å². The molecule has 1 atom stereocenters. The zero-order valence-corrected chi connectivity index (χ0v) is 34.6. The first-order chi connectivity index (χ1) is 28.6. The van der Waals surface area contributed by atoms with Crippen LogP contribution in [-0.2, 0) is 16.1 Å². The minimum Gasteiger partial charge on any atom is -0.489 e. The van der Waals surface area contributed by atoms with Crippen molar-refractivity contribution in [1.29, 1.82) is 0 Å². The molecular weight excluding hydrogens is 787 g/mol. The number of likely N-dealkylation sites (tertiary alicyclic amines) is 1. The predicted molar refractivity (Wildman–Crippen MR) is 220 cm³/mol. The lowest BCUT2D eigenvalue weighted by atomic mass is 9.49. The molecule has 3 aromatic rings. The molecule has 4 fully saturated rings. The number of carbonyl (C=O) groups is 5. The van der Waals surface area contributed by atoms with Crippen molar-refractivity contribution in [3.63, 3.8) is 0 Å². The molecule has 1 unspecified atom stereocenters. The van der Waals surface area contributed by atoms with Gasteiger partial charge in [0.2, 0.25) is 17.5 Å². The number of carbonyl (C=O) groups excluding carboxylic acids is 5. The van der Waals surface area contributed by atoms with Crippen LogP contribution in [0.15, 0.2) is 48.5 Å². The van der Waals surface area contributed by atoms with E-state index in [-0.39, 0.29) is 60.0 Å². The zero-order valence-electron chi connectivity index (χ0n) is 33.8. The van der Waals surface area contributed by atoms with Gasteiger partial charge in [0, 0.05) is 66.1 Å². The molecule has 308 valence electrons. The minimum absolute atomic E-state index is 0.0730. The number of rotatable bonds is 6. The first-order valence-electron chi connectivity index (χ1n) is 20.4. The molecule has 5 aliphatic heterocycles. The van der Waals surface area contributed by atoms with Crippen LogP contribution >= 0.6 is 11.6 Å². The van der Waals surface area contributed by atoms with E-state index in [0.717, 1.165) is 49.6 Å². The molecule has 5 heterocycles. The van der Waals surface area contributed by atoms with E-state index in [2.05, 4.69) is 59.5 Å². The summed E-state index contributed by atoms with van der Waals surface area (Å²) in [6, 6.07) is 12.6. The largest absolute Gasteiger partial charge is 0.489 e. The number of benzene rings is 3. The molecule has 1 aliphatic carbocycles. The second kappa shape index (κ2) is 14.5. The second-order valence-electron chi connectivity index (χ2n) is 18.0. The number of fused-ring (bicyclic) bond motifs is 2. The lowest BCUT2D eigenvalue weighted by Gasteiger charge is -2.65. The lowest BCUT2D eigenvalue weighted by molar-refractivity contribution is -0.199. The summed E-state index contributed by atoms with van der Waals surface area (Å²) in [4.78, 5) is 75.1. The summed E-state index contributed by atoms with van der Waals surface area (Å²) in [5.74, 6) is 4.36. The van der Waals surface area contributed by atoms with Crippen molar-refractivity contribution in [1.82, 2.24) is 20.0 Å². The van der Waals surface area contributed by atoms with Gasteiger partial charge in [0.1, 0.15) is 23.7 Å². The summed E-state index contributed by atoms with van der Waals surface area (Å²) in [5, 5.41) is 2.55. The molecule has 12 nitrogen and oxygen atoms in total. The van der Waals surface area contributed by atoms with Gasteiger partial charge in [0.15, 0.2) is 0 Å².